The third kappa shape index (κ3) is 2.72. The lowest BCUT2D eigenvalue weighted by Crippen LogP contribution is -2.47. The van der Waals surface area contributed by atoms with E-state index in [1.807, 2.05) is 44.2 Å². The van der Waals surface area contributed by atoms with Crippen molar-refractivity contribution >= 4 is 5.97 Å². The average Bonchev–Trinajstić information content (AvgIpc) is 2.28. The van der Waals surface area contributed by atoms with Crippen LogP contribution in [0.25, 0.3) is 0 Å². The smallest absolute Gasteiger partial charge is 0.310 e. The van der Waals surface area contributed by atoms with Crippen LogP contribution >= 0.6 is 0 Å². The number of benzene rings is 1. The van der Waals surface area contributed by atoms with Crippen molar-refractivity contribution in [3.63, 3.8) is 0 Å². The summed E-state index contributed by atoms with van der Waals surface area (Å²) in [6, 6.07) is 9.84. The van der Waals surface area contributed by atoms with Gasteiger partial charge in [-0.1, -0.05) is 30.3 Å². The van der Waals surface area contributed by atoms with E-state index < -0.39 is 11.4 Å². The maximum Gasteiger partial charge on any atom is 0.310 e. The monoisotopic (exact) mass is 248 g/mol. The number of ether oxygens (including phenoxy) is 1. The normalized spacial score (nSPS) is 26.8. The molecule has 0 aromatic heterocycles. The van der Waals surface area contributed by atoms with Crippen molar-refractivity contribution in [2.75, 3.05) is 6.61 Å². The predicted molar refractivity (Wildman–Crippen MR) is 69.5 cm³/mol. The van der Waals surface area contributed by atoms with E-state index in [-0.39, 0.29) is 5.60 Å². The lowest BCUT2D eigenvalue weighted by Gasteiger charge is -2.42. The minimum absolute atomic E-state index is 0.356. The standard InChI is InChI=1S/C15H20O3/c1-14(2)11-15(13(16)17,8-9-18-14)10-12-6-4-3-5-7-12/h3-7H,8-11H2,1-2H3,(H,16,17)/t15-/m0/s1. The van der Waals surface area contributed by atoms with Gasteiger partial charge in [-0.25, -0.2) is 0 Å². The molecular weight excluding hydrogens is 228 g/mol. The Kier molecular flexibility index (Phi) is 3.44. The first-order valence-electron chi connectivity index (χ1n) is 6.35. The zero-order valence-electron chi connectivity index (χ0n) is 11.0. The molecule has 1 saturated heterocycles. The summed E-state index contributed by atoms with van der Waals surface area (Å²) in [6.07, 6.45) is 1.72. The van der Waals surface area contributed by atoms with Crippen LogP contribution in [-0.2, 0) is 16.0 Å². The van der Waals surface area contributed by atoms with E-state index in [2.05, 4.69) is 0 Å². The predicted octanol–water partition coefficient (Wildman–Crippen LogP) is 2.89. The van der Waals surface area contributed by atoms with E-state index in [1.54, 1.807) is 0 Å². The van der Waals surface area contributed by atoms with Crippen LogP contribution in [-0.4, -0.2) is 23.3 Å². The summed E-state index contributed by atoms with van der Waals surface area (Å²) >= 11 is 0. The van der Waals surface area contributed by atoms with E-state index in [4.69, 9.17) is 4.74 Å². The SMILES string of the molecule is CC1(C)C[C@](Cc2ccccc2)(C(=O)O)CCO1. The van der Waals surface area contributed by atoms with Gasteiger partial charge < -0.3 is 9.84 Å². The molecule has 0 radical (unpaired) electrons. The number of aliphatic carboxylic acids is 1. The van der Waals surface area contributed by atoms with Gasteiger partial charge in [-0.15, -0.1) is 0 Å². The van der Waals surface area contributed by atoms with Crippen LogP contribution in [0.3, 0.4) is 0 Å². The summed E-state index contributed by atoms with van der Waals surface area (Å²) in [7, 11) is 0. The van der Waals surface area contributed by atoms with Gasteiger partial charge in [0.2, 0.25) is 0 Å². The van der Waals surface area contributed by atoms with Gasteiger partial charge in [0.15, 0.2) is 0 Å². The van der Waals surface area contributed by atoms with E-state index in [1.165, 1.54) is 0 Å². The van der Waals surface area contributed by atoms with Gasteiger partial charge in [0, 0.05) is 6.61 Å². The minimum Gasteiger partial charge on any atom is -0.481 e. The van der Waals surface area contributed by atoms with Crippen molar-refractivity contribution < 1.29 is 14.6 Å². The first kappa shape index (κ1) is 13.1. The van der Waals surface area contributed by atoms with Gasteiger partial charge in [-0.3, -0.25) is 4.79 Å². The highest BCUT2D eigenvalue weighted by atomic mass is 16.5. The summed E-state index contributed by atoms with van der Waals surface area (Å²) in [6.45, 7) is 4.45. The molecule has 0 amide bonds. The Morgan fingerprint density at radius 3 is 2.56 bits per heavy atom. The topological polar surface area (TPSA) is 46.5 Å². The van der Waals surface area contributed by atoms with Crippen molar-refractivity contribution in [2.45, 2.75) is 38.7 Å². The lowest BCUT2D eigenvalue weighted by molar-refractivity contribution is -0.166. The molecule has 0 aliphatic carbocycles. The van der Waals surface area contributed by atoms with Crippen LogP contribution in [0.1, 0.15) is 32.3 Å². The van der Waals surface area contributed by atoms with Crippen LogP contribution < -0.4 is 0 Å². The first-order valence-corrected chi connectivity index (χ1v) is 6.35. The summed E-state index contributed by atoms with van der Waals surface area (Å²) in [5.41, 5.74) is 0.0340. The largest absolute Gasteiger partial charge is 0.481 e. The molecule has 1 heterocycles. The quantitative estimate of drug-likeness (QED) is 0.894. The van der Waals surface area contributed by atoms with Crippen molar-refractivity contribution in [1.82, 2.24) is 0 Å². The average molecular weight is 248 g/mol. The lowest BCUT2D eigenvalue weighted by atomic mass is 9.70. The highest BCUT2D eigenvalue weighted by Crippen LogP contribution is 2.41. The molecule has 1 aromatic carbocycles. The van der Waals surface area contributed by atoms with Gasteiger partial charge in [-0.05, 0) is 38.7 Å². The maximum atomic E-state index is 11.7. The van der Waals surface area contributed by atoms with Crippen LogP contribution in [0.15, 0.2) is 30.3 Å². The molecule has 1 fully saturated rings. The third-order valence-corrected chi connectivity index (χ3v) is 3.68. The third-order valence-electron chi connectivity index (χ3n) is 3.68. The van der Waals surface area contributed by atoms with E-state index in [9.17, 15) is 9.90 Å². The minimum atomic E-state index is -0.706. The molecule has 0 bridgehead atoms. The number of rotatable bonds is 3. The maximum absolute atomic E-state index is 11.7. The summed E-state index contributed by atoms with van der Waals surface area (Å²) < 4.78 is 5.65. The van der Waals surface area contributed by atoms with Gasteiger partial charge in [-0.2, -0.15) is 0 Å². The van der Waals surface area contributed by atoms with Crippen LogP contribution in [0.2, 0.25) is 0 Å². The Hall–Kier alpha value is -1.35. The number of carbonyl (C=O) groups is 1. The molecule has 3 nitrogen and oxygen atoms in total. The fourth-order valence-corrected chi connectivity index (χ4v) is 2.87. The van der Waals surface area contributed by atoms with E-state index in [0.717, 1.165) is 5.56 Å². The first-order chi connectivity index (χ1) is 8.44. The van der Waals surface area contributed by atoms with E-state index in [0.29, 0.717) is 25.9 Å². The van der Waals surface area contributed by atoms with Crippen LogP contribution in [0.5, 0.6) is 0 Å². The molecule has 1 atom stereocenters. The second kappa shape index (κ2) is 4.73. The molecule has 98 valence electrons. The molecule has 1 aliphatic rings. The highest BCUT2D eigenvalue weighted by Gasteiger charge is 2.46. The Morgan fingerprint density at radius 1 is 1.33 bits per heavy atom. The second-order valence-corrected chi connectivity index (χ2v) is 5.78. The van der Waals surface area contributed by atoms with Crippen molar-refractivity contribution in [3.05, 3.63) is 35.9 Å². The molecule has 1 aromatic rings. The summed E-state index contributed by atoms with van der Waals surface area (Å²) in [5.74, 6) is -0.706. The molecular formula is C15H20O3. The zero-order valence-corrected chi connectivity index (χ0v) is 11.0. The van der Waals surface area contributed by atoms with Crippen molar-refractivity contribution in [2.24, 2.45) is 5.41 Å². The van der Waals surface area contributed by atoms with Crippen molar-refractivity contribution in [1.29, 1.82) is 0 Å². The second-order valence-electron chi connectivity index (χ2n) is 5.78. The molecule has 2 rings (SSSR count). The Morgan fingerprint density at radius 2 is 2.00 bits per heavy atom. The summed E-state index contributed by atoms with van der Waals surface area (Å²) in [4.78, 5) is 11.7. The van der Waals surface area contributed by atoms with Crippen LogP contribution in [0, 0.1) is 5.41 Å². The zero-order chi connectivity index (χ0) is 13.2. The molecule has 3 heteroatoms. The number of hydrogen-bond acceptors (Lipinski definition) is 2. The molecule has 1 aliphatic heterocycles. The Bertz CT molecular complexity index is 425. The number of carboxylic acid groups (broad SMARTS) is 1. The number of carboxylic acids is 1. The van der Waals surface area contributed by atoms with Gasteiger partial charge in [0.05, 0.1) is 11.0 Å². The van der Waals surface area contributed by atoms with Gasteiger partial charge in [0.25, 0.3) is 0 Å². The fraction of sp³-hybridized carbons (Fsp3) is 0.533. The van der Waals surface area contributed by atoms with E-state index >= 15 is 0 Å². The molecule has 18 heavy (non-hydrogen) atoms. The Balaban J connectivity index is 2.25. The molecule has 1 N–H and O–H groups in total. The van der Waals surface area contributed by atoms with Crippen molar-refractivity contribution in [3.8, 4) is 0 Å². The van der Waals surface area contributed by atoms with Crippen LogP contribution in [0.4, 0.5) is 0 Å². The van der Waals surface area contributed by atoms with Gasteiger partial charge >= 0.3 is 5.97 Å². The Labute approximate surface area is 108 Å². The molecule has 0 unspecified atom stereocenters. The summed E-state index contributed by atoms with van der Waals surface area (Å²) in [5, 5.41) is 9.63. The highest BCUT2D eigenvalue weighted by molar-refractivity contribution is 5.75. The molecule has 0 spiro atoms. The van der Waals surface area contributed by atoms with Gasteiger partial charge in [0.1, 0.15) is 0 Å². The fourth-order valence-electron chi connectivity index (χ4n) is 2.87. The number of hydrogen-bond donors (Lipinski definition) is 1. The molecule has 0 saturated carbocycles.